The van der Waals surface area contributed by atoms with Crippen LogP contribution in [0.3, 0.4) is 0 Å². The Morgan fingerprint density at radius 2 is 1.78 bits per heavy atom. The molecular weight excluding hydrogens is 500 g/mol. The molecule has 0 atom stereocenters. The Labute approximate surface area is 216 Å². The number of halogens is 1. The van der Waals surface area contributed by atoms with Crippen LogP contribution in [0.1, 0.15) is 12.0 Å². The van der Waals surface area contributed by atoms with Crippen molar-refractivity contribution in [1.82, 2.24) is 9.38 Å². The van der Waals surface area contributed by atoms with Crippen LogP contribution < -0.4 is 29.0 Å². The second-order valence-corrected chi connectivity index (χ2v) is 9.31. The molecule has 2 aromatic heterocycles. The van der Waals surface area contributed by atoms with Gasteiger partial charge in [0.2, 0.25) is 0 Å². The highest BCUT2D eigenvalue weighted by molar-refractivity contribution is 7.15. The zero-order valence-electron chi connectivity index (χ0n) is 19.7. The summed E-state index contributed by atoms with van der Waals surface area (Å²) in [6, 6.07) is 18.6. The van der Waals surface area contributed by atoms with Crippen molar-refractivity contribution in [2.45, 2.75) is 6.42 Å². The molecule has 0 unspecified atom stereocenters. The summed E-state index contributed by atoms with van der Waals surface area (Å²) >= 11 is 7.87. The number of methoxy groups -OCH3 is 2. The molecule has 0 aliphatic heterocycles. The Morgan fingerprint density at radius 1 is 0.972 bits per heavy atom. The third-order valence-electron chi connectivity index (χ3n) is 5.54. The van der Waals surface area contributed by atoms with Gasteiger partial charge in [-0.05, 0) is 48.0 Å². The Bertz CT molecular complexity index is 1650. The summed E-state index contributed by atoms with van der Waals surface area (Å²) < 4.78 is 24.6. The maximum Gasteiger partial charge on any atom is 0.274 e. The number of hydrogen-bond donors (Lipinski definition) is 0. The average Bonchev–Trinajstić information content (AvgIpc) is 3.40. The second-order valence-electron chi connectivity index (χ2n) is 7.90. The molecule has 5 rings (SSSR count). The van der Waals surface area contributed by atoms with E-state index in [0.29, 0.717) is 45.6 Å². The van der Waals surface area contributed by atoms with Crippen LogP contribution in [0.5, 0.6) is 23.0 Å². The van der Waals surface area contributed by atoms with E-state index in [1.54, 1.807) is 36.8 Å². The van der Waals surface area contributed by atoms with Gasteiger partial charge in [-0.15, -0.1) is 0 Å². The number of imidazole rings is 1. The second kappa shape index (κ2) is 10.5. The molecule has 0 aliphatic carbocycles. The molecule has 0 spiro atoms. The molecule has 0 amide bonds. The van der Waals surface area contributed by atoms with Gasteiger partial charge >= 0.3 is 0 Å². The van der Waals surface area contributed by atoms with Crippen LogP contribution in [0, 0.1) is 0 Å². The molecule has 184 valence electrons. The zero-order valence-corrected chi connectivity index (χ0v) is 21.3. The lowest BCUT2D eigenvalue weighted by Crippen LogP contribution is -2.22. The fourth-order valence-electron chi connectivity index (χ4n) is 3.84. The van der Waals surface area contributed by atoms with Crippen LogP contribution in [0.2, 0.25) is 5.02 Å². The van der Waals surface area contributed by atoms with E-state index < -0.39 is 0 Å². The van der Waals surface area contributed by atoms with E-state index in [1.807, 2.05) is 48.5 Å². The van der Waals surface area contributed by atoms with Gasteiger partial charge in [-0.2, -0.15) is 0 Å². The standard InChI is InChI=1S/C27H23ClN2O5S/c1-32-18-7-5-8-19(16-18)34-11-6-12-35-25-20(28)13-17(14-23(25)33-2)15-24-26(31)30-22-10-4-3-9-21(22)29-27(30)36-24/h3-5,7-10,13-16H,6,11-12H2,1-2H3. The average molecular weight is 523 g/mol. The number of aromatic nitrogens is 2. The molecule has 36 heavy (non-hydrogen) atoms. The fourth-order valence-corrected chi connectivity index (χ4v) is 5.10. The maximum absolute atomic E-state index is 13.0. The third kappa shape index (κ3) is 4.82. The minimum absolute atomic E-state index is 0.116. The minimum Gasteiger partial charge on any atom is -0.497 e. The first-order valence-electron chi connectivity index (χ1n) is 11.3. The van der Waals surface area contributed by atoms with E-state index in [0.717, 1.165) is 28.1 Å². The van der Waals surface area contributed by atoms with Crippen molar-refractivity contribution in [3.8, 4) is 23.0 Å². The van der Waals surface area contributed by atoms with Gasteiger partial charge in [-0.25, -0.2) is 9.38 Å². The summed E-state index contributed by atoms with van der Waals surface area (Å²) in [4.78, 5) is 18.3. The summed E-state index contributed by atoms with van der Waals surface area (Å²) in [6.45, 7) is 0.864. The normalized spacial score (nSPS) is 11.8. The van der Waals surface area contributed by atoms with Crippen molar-refractivity contribution in [3.63, 3.8) is 0 Å². The van der Waals surface area contributed by atoms with Gasteiger partial charge < -0.3 is 18.9 Å². The molecule has 7 nitrogen and oxygen atoms in total. The van der Waals surface area contributed by atoms with Crippen molar-refractivity contribution >= 4 is 45.0 Å². The lowest BCUT2D eigenvalue weighted by molar-refractivity contribution is 0.240. The van der Waals surface area contributed by atoms with E-state index in [-0.39, 0.29) is 5.56 Å². The van der Waals surface area contributed by atoms with E-state index in [2.05, 4.69) is 4.98 Å². The van der Waals surface area contributed by atoms with Gasteiger partial charge in [-0.3, -0.25) is 4.79 Å². The molecule has 2 heterocycles. The molecule has 9 heteroatoms. The predicted octanol–water partition coefficient (Wildman–Crippen LogP) is 4.98. The maximum atomic E-state index is 13.0. The van der Waals surface area contributed by atoms with Crippen LogP contribution in [-0.4, -0.2) is 36.8 Å². The van der Waals surface area contributed by atoms with Crippen LogP contribution in [-0.2, 0) is 0 Å². The summed E-state index contributed by atoms with van der Waals surface area (Å²) in [5.74, 6) is 2.41. The molecule has 0 bridgehead atoms. The van der Waals surface area contributed by atoms with Crippen molar-refractivity contribution in [3.05, 3.63) is 86.1 Å². The van der Waals surface area contributed by atoms with Crippen molar-refractivity contribution in [2.75, 3.05) is 27.4 Å². The van der Waals surface area contributed by atoms with Gasteiger partial charge in [0.25, 0.3) is 5.56 Å². The summed E-state index contributed by atoms with van der Waals surface area (Å²) in [7, 11) is 3.17. The highest BCUT2D eigenvalue weighted by Crippen LogP contribution is 2.36. The highest BCUT2D eigenvalue weighted by atomic mass is 35.5. The number of rotatable bonds is 9. The molecule has 5 aromatic rings. The van der Waals surface area contributed by atoms with Crippen molar-refractivity contribution < 1.29 is 18.9 Å². The lowest BCUT2D eigenvalue weighted by Gasteiger charge is -2.13. The molecular formula is C27H23ClN2O5S. The van der Waals surface area contributed by atoms with E-state index >= 15 is 0 Å². The first-order valence-corrected chi connectivity index (χ1v) is 12.5. The van der Waals surface area contributed by atoms with Crippen LogP contribution in [0.4, 0.5) is 0 Å². The van der Waals surface area contributed by atoms with Crippen LogP contribution in [0.15, 0.2) is 65.5 Å². The van der Waals surface area contributed by atoms with E-state index in [4.69, 9.17) is 30.5 Å². The molecule has 0 radical (unpaired) electrons. The van der Waals surface area contributed by atoms with Gasteiger partial charge in [-0.1, -0.05) is 41.1 Å². The molecule has 0 fully saturated rings. The minimum atomic E-state index is -0.116. The van der Waals surface area contributed by atoms with E-state index in [1.165, 1.54) is 11.3 Å². The number of fused-ring (bicyclic) bond motifs is 3. The van der Waals surface area contributed by atoms with Gasteiger partial charge in [0.1, 0.15) is 11.5 Å². The first-order chi connectivity index (χ1) is 17.6. The third-order valence-corrected chi connectivity index (χ3v) is 6.79. The highest BCUT2D eigenvalue weighted by Gasteiger charge is 2.14. The predicted molar refractivity (Wildman–Crippen MR) is 142 cm³/mol. The van der Waals surface area contributed by atoms with Gasteiger partial charge in [0.15, 0.2) is 16.5 Å². The van der Waals surface area contributed by atoms with Crippen molar-refractivity contribution in [1.29, 1.82) is 0 Å². The number of nitrogens with zero attached hydrogens (tertiary/aromatic N) is 2. The summed E-state index contributed by atoms with van der Waals surface area (Å²) in [5.41, 5.74) is 2.21. The van der Waals surface area contributed by atoms with Gasteiger partial charge in [0.05, 0.1) is 48.0 Å². The molecule has 0 N–H and O–H groups in total. The number of hydrogen-bond acceptors (Lipinski definition) is 7. The molecule has 0 saturated heterocycles. The van der Waals surface area contributed by atoms with E-state index in [9.17, 15) is 4.79 Å². The quantitative estimate of drug-likeness (QED) is 0.254. The van der Waals surface area contributed by atoms with Crippen molar-refractivity contribution in [2.24, 2.45) is 0 Å². The van der Waals surface area contributed by atoms with Crippen LogP contribution >= 0.6 is 22.9 Å². The summed E-state index contributed by atoms with van der Waals surface area (Å²) in [6.07, 6.45) is 2.43. The number of ether oxygens (including phenoxy) is 4. The number of thiazole rings is 1. The molecule has 0 aliphatic rings. The SMILES string of the molecule is COc1cccc(OCCCOc2c(Cl)cc(C=c3sc4nc5ccccc5n4c3=O)cc2OC)c1. The monoisotopic (exact) mass is 522 g/mol. The topological polar surface area (TPSA) is 71.3 Å². The Morgan fingerprint density at radius 3 is 2.61 bits per heavy atom. The molecule has 3 aromatic carbocycles. The number of para-hydroxylation sites is 2. The Hall–Kier alpha value is -3.75. The Kier molecular flexibility index (Phi) is 6.97. The lowest BCUT2D eigenvalue weighted by atomic mass is 10.2. The zero-order chi connectivity index (χ0) is 25.1. The number of benzene rings is 3. The van der Waals surface area contributed by atoms with Crippen LogP contribution in [0.25, 0.3) is 22.1 Å². The first kappa shape index (κ1) is 24.0. The summed E-state index contributed by atoms with van der Waals surface area (Å²) in [5, 5.41) is 0.397. The largest absolute Gasteiger partial charge is 0.497 e. The smallest absolute Gasteiger partial charge is 0.274 e. The van der Waals surface area contributed by atoms with Gasteiger partial charge in [0, 0.05) is 12.5 Å². The Balaban J connectivity index is 1.30. The fraction of sp³-hybridized carbons (Fsp3) is 0.185. The molecule has 0 saturated carbocycles.